The third-order valence-electron chi connectivity index (χ3n) is 5.70. The number of amides is 1. The van der Waals surface area contributed by atoms with Crippen molar-refractivity contribution >= 4 is 11.7 Å². The van der Waals surface area contributed by atoms with E-state index in [4.69, 9.17) is 0 Å². The van der Waals surface area contributed by atoms with Crippen molar-refractivity contribution in [3.8, 4) is 11.3 Å². The fourth-order valence-corrected chi connectivity index (χ4v) is 4.23. The number of aryl methyl sites for hydroxylation is 2. The van der Waals surface area contributed by atoms with Crippen LogP contribution < -0.4 is 0 Å². The zero-order valence-corrected chi connectivity index (χ0v) is 17.1. The SMILES string of the molecule is Cc1cc(C2CCCN(C(=O)c3cc(-c4ccccc4)nn3C)C2)n2ncnc2n1. The van der Waals surface area contributed by atoms with Gasteiger partial charge in [0, 0.05) is 37.3 Å². The van der Waals surface area contributed by atoms with E-state index in [0.717, 1.165) is 42.0 Å². The van der Waals surface area contributed by atoms with E-state index in [0.29, 0.717) is 18.0 Å². The average Bonchev–Trinajstić information content (AvgIpc) is 3.40. The van der Waals surface area contributed by atoms with Crippen LogP contribution >= 0.6 is 0 Å². The molecule has 1 aromatic carbocycles. The molecule has 4 heterocycles. The number of benzene rings is 1. The number of hydrogen-bond acceptors (Lipinski definition) is 5. The first-order chi connectivity index (χ1) is 14.6. The second kappa shape index (κ2) is 7.37. The molecular formula is C22H23N7O. The Bertz CT molecular complexity index is 1210. The van der Waals surface area contributed by atoms with Crippen LogP contribution in [-0.2, 0) is 7.05 Å². The molecule has 152 valence electrons. The number of hydrogen-bond donors (Lipinski definition) is 0. The number of carbonyl (C=O) groups excluding carboxylic acids is 1. The number of nitrogens with zero attached hydrogens (tertiary/aromatic N) is 7. The Kier molecular flexibility index (Phi) is 4.54. The molecule has 1 unspecified atom stereocenters. The van der Waals surface area contributed by atoms with Gasteiger partial charge in [-0.05, 0) is 31.9 Å². The van der Waals surface area contributed by atoms with Crippen LogP contribution in [0.1, 0.15) is 40.6 Å². The van der Waals surface area contributed by atoms with Gasteiger partial charge < -0.3 is 4.90 Å². The van der Waals surface area contributed by atoms with Crippen molar-refractivity contribution in [2.45, 2.75) is 25.7 Å². The average molecular weight is 401 g/mol. The first kappa shape index (κ1) is 18.5. The van der Waals surface area contributed by atoms with Crippen LogP contribution in [0.4, 0.5) is 0 Å². The molecule has 8 heteroatoms. The minimum Gasteiger partial charge on any atom is -0.337 e. The maximum atomic E-state index is 13.3. The van der Waals surface area contributed by atoms with Crippen molar-refractivity contribution in [2.75, 3.05) is 13.1 Å². The van der Waals surface area contributed by atoms with Gasteiger partial charge in [0.25, 0.3) is 11.7 Å². The molecule has 5 rings (SSSR count). The van der Waals surface area contributed by atoms with Crippen LogP contribution in [0.3, 0.4) is 0 Å². The Hall–Kier alpha value is -3.55. The van der Waals surface area contributed by atoms with Crippen LogP contribution in [0.25, 0.3) is 17.0 Å². The third kappa shape index (κ3) is 3.24. The van der Waals surface area contributed by atoms with Crippen LogP contribution in [0, 0.1) is 6.92 Å². The second-order valence-corrected chi connectivity index (χ2v) is 7.79. The molecule has 1 saturated heterocycles. The molecule has 1 amide bonds. The summed E-state index contributed by atoms with van der Waals surface area (Å²) in [5.41, 5.74) is 4.38. The first-order valence-corrected chi connectivity index (χ1v) is 10.2. The van der Waals surface area contributed by atoms with E-state index in [1.807, 2.05) is 55.3 Å². The van der Waals surface area contributed by atoms with Crippen LogP contribution in [-0.4, -0.2) is 53.3 Å². The van der Waals surface area contributed by atoms with Gasteiger partial charge in [0.2, 0.25) is 0 Å². The first-order valence-electron chi connectivity index (χ1n) is 10.2. The molecule has 1 atom stereocenters. The van der Waals surface area contributed by atoms with E-state index in [2.05, 4.69) is 26.2 Å². The molecular weight excluding hydrogens is 378 g/mol. The van der Waals surface area contributed by atoms with Crippen molar-refractivity contribution in [3.63, 3.8) is 0 Å². The lowest BCUT2D eigenvalue weighted by Crippen LogP contribution is -2.40. The Labute approximate surface area is 174 Å². The number of piperidine rings is 1. The lowest BCUT2D eigenvalue weighted by Gasteiger charge is -2.33. The summed E-state index contributed by atoms with van der Waals surface area (Å²) in [6.07, 6.45) is 3.47. The Morgan fingerprint density at radius 3 is 2.83 bits per heavy atom. The van der Waals surface area contributed by atoms with Crippen molar-refractivity contribution < 1.29 is 4.79 Å². The van der Waals surface area contributed by atoms with E-state index in [1.54, 1.807) is 9.20 Å². The molecule has 1 aliphatic heterocycles. The second-order valence-electron chi connectivity index (χ2n) is 7.79. The normalized spacial score (nSPS) is 16.9. The maximum Gasteiger partial charge on any atom is 0.272 e. The summed E-state index contributed by atoms with van der Waals surface area (Å²) in [4.78, 5) is 23.9. The fourth-order valence-electron chi connectivity index (χ4n) is 4.23. The van der Waals surface area contributed by atoms with Crippen LogP contribution in [0.15, 0.2) is 48.8 Å². The van der Waals surface area contributed by atoms with Gasteiger partial charge in [0.05, 0.1) is 11.4 Å². The molecule has 0 saturated carbocycles. The summed E-state index contributed by atoms with van der Waals surface area (Å²) in [7, 11) is 1.83. The molecule has 8 nitrogen and oxygen atoms in total. The summed E-state index contributed by atoms with van der Waals surface area (Å²) >= 11 is 0. The molecule has 0 bridgehead atoms. The summed E-state index contributed by atoms with van der Waals surface area (Å²) in [6.45, 7) is 3.35. The topological polar surface area (TPSA) is 81.2 Å². The van der Waals surface area contributed by atoms with E-state index in [-0.39, 0.29) is 11.8 Å². The highest BCUT2D eigenvalue weighted by atomic mass is 16.2. The van der Waals surface area contributed by atoms with Crippen LogP contribution in [0.2, 0.25) is 0 Å². The fraction of sp³-hybridized carbons (Fsp3) is 0.318. The van der Waals surface area contributed by atoms with Gasteiger partial charge in [-0.1, -0.05) is 30.3 Å². The summed E-state index contributed by atoms with van der Waals surface area (Å²) in [5.74, 6) is 0.806. The number of rotatable bonds is 3. The van der Waals surface area contributed by atoms with Gasteiger partial charge in [0.1, 0.15) is 12.0 Å². The highest BCUT2D eigenvalue weighted by molar-refractivity contribution is 5.93. The third-order valence-corrected chi connectivity index (χ3v) is 5.70. The highest BCUT2D eigenvalue weighted by Crippen LogP contribution is 2.28. The zero-order chi connectivity index (χ0) is 20.7. The molecule has 0 radical (unpaired) electrons. The van der Waals surface area contributed by atoms with Crippen LogP contribution in [0.5, 0.6) is 0 Å². The minimum atomic E-state index is 0.0116. The van der Waals surface area contributed by atoms with Gasteiger partial charge in [-0.25, -0.2) is 9.50 Å². The number of aromatic nitrogens is 6. The predicted octanol–water partition coefficient (Wildman–Crippen LogP) is 2.85. The highest BCUT2D eigenvalue weighted by Gasteiger charge is 2.29. The Morgan fingerprint density at radius 1 is 1.17 bits per heavy atom. The molecule has 4 aromatic rings. The smallest absolute Gasteiger partial charge is 0.272 e. The minimum absolute atomic E-state index is 0.0116. The van der Waals surface area contributed by atoms with Gasteiger partial charge in [0.15, 0.2) is 0 Å². The van der Waals surface area contributed by atoms with Gasteiger partial charge in [-0.15, -0.1) is 0 Å². The Balaban J connectivity index is 1.42. The van der Waals surface area contributed by atoms with E-state index >= 15 is 0 Å². The zero-order valence-electron chi connectivity index (χ0n) is 17.1. The lowest BCUT2D eigenvalue weighted by molar-refractivity contribution is 0.0694. The van der Waals surface area contributed by atoms with Crippen molar-refractivity contribution in [3.05, 3.63) is 65.9 Å². The quantitative estimate of drug-likeness (QED) is 0.527. The summed E-state index contributed by atoms with van der Waals surface area (Å²) in [6, 6.07) is 13.9. The monoisotopic (exact) mass is 401 g/mol. The predicted molar refractivity (Wildman–Crippen MR) is 112 cm³/mol. The molecule has 30 heavy (non-hydrogen) atoms. The Morgan fingerprint density at radius 2 is 2.00 bits per heavy atom. The standard InChI is InChI=1S/C22H23N7O/c1-15-11-19(29-22(25-15)23-14-24-29)17-9-6-10-28(13-17)21(30)20-12-18(26-27(20)2)16-7-4-3-5-8-16/h3-5,7-8,11-12,14,17H,6,9-10,13H2,1-2H3. The maximum absolute atomic E-state index is 13.3. The van der Waals surface area contributed by atoms with Crippen molar-refractivity contribution in [2.24, 2.45) is 7.05 Å². The lowest BCUT2D eigenvalue weighted by atomic mass is 9.94. The van der Waals surface area contributed by atoms with Gasteiger partial charge in [-0.3, -0.25) is 9.48 Å². The molecule has 0 spiro atoms. The van der Waals surface area contributed by atoms with E-state index in [9.17, 15) is 4.79 Å². The van der Waals surface area contributed by atoms with Crippen molar-refractivity contribution in [1.29, 1.82) is 0 Å². The number of fused-ring (bicyclic) bond motifs is 1. The molecule has 0 aliphatic carbocycles. The molecule has 3 aromatic heterocycles. The summed E-state index contributed by atoms with van der Waals surface area (Å²) < 4.78 is 3.48. The van der Waals surface area contributed by atoms with Crippen molar-refractivity contribution in [1.82, 2.24) is 34.3 Å². The largest absolute Gasteiger partial charge is 0.337 e. The summed E-state index contributed by atoms with van der Waals surface area (Å²) in [5, 5.41) is 8.90. The number of carbonyl (C=O) groups is 1. The van der Waals surface area contributed by atoms with Gasteiger partial charge >= 0.3 is 0 Å². The molecule has 1 aliphatic rings. The molecule has 1 fully saturated rings. The van der Waals surface area contributed by atoms with Gasteiger partial charge in [-0.2, -0.15) is 15.2 Å². The van der Waals surface area contributed by atoms with E-state index in [1.165, 1.54) is 6.33 Å². The number of likely N-dealkylation sites (tertiary alicyclic amines) is 1. The molecule has 0 N–H and O–H groups in total. The van der Waals surface area contributed by atoms with E-state index < -0.39 is 0 Å².